The van der Waals surface area contributed by atoms with Crippen molar-refractivity contribution in [2.75, 3.05) is 13.2 Å². The van der Waals surface area contributed by atoms with Crippen LogP contribution in [0.25, 0.3) is 11.0 Å². The molecule has 1 amide bonds. The SMILES string of the molecule is Cc1cc(OCC(=O)N2CC[C@]3(O)CCCC[C@H]3[C@@H]2c2ccccc2)c2c(C)c(Cc3ccccc3)c(=O)oc2c1. The number of hydrogen-bond acceptors (Lipinski definition) is 5. The largest absolute Gasteiger partial charge is 0.483 e. The molecule has 1 aromatic heterocycles. The molecular weight excluding hydrogens is 514 g/mol. The zero-order valence-corrected chi connectivity index (χ0v) is 23.8. The maximum Gasteiger partial charge on any atom is 0.340 e. The molecule has 2 aliphatic rings. The smallest absolute Gasteiger partial charge is 0.340 e. The van der Waals surface area contributed by atoms with Crippen molar-refractivity contribution in [2.45, 2.75) is 64.0 Å². The normalized spacial score (nSPS) is 22.4. The molecule has 41 heavy (non-hydrogen) atoms. The van der Waals surface area contributed by atoms with Crippen LogP contribution in [0.1, 0.15) is 66.0 Å². The summed E-state index contributed by atoms with van der Waals surface area (Å²) in [5.74, 6) is 0.417. The summed E-state index contributed by atoms with van der Waals surface area (Å²) < 4.78 is 12.0. The van der Waals surface area contributed by atoms with E-state index < -0.39 is 5.60 Å². The Morgan fingerprint density at radius 3 is 2.51 bits per heavy atom. The summed E-state index contributed by atoms with van der Waals surface area (Å²) >= 11 is 0. The van der Waals surface area contributed by atoms with Crippen LogP contribution in [0.15, 0.2) is 82.0 Å². The average molecular weight is 552 g/mol. The van der Waals surface area contributed by atoms with Crippen LogP contribution < -0.4 is 10.4 Å². The minimum atomic E-state index is -0.743. The zero-order valence-electron chi connectivity index (χ0n) is 23.8. The Labute approximate surface area is 240 Å². The van der Waals surface area contributed by atoms with Crippen molar-refractivity contribution in [3.05, 3.63) is 111 Å². The Bertz CT molecular complexity index is 1610. The van der Waals surface area contributed by atoms with Gasteiger partial charge in [0.2, 0.25) is 0 Å². The fraction of sp³-hybridized carbons (Fsp3) is 0.371. The van der Waals surface area contributed by atoms with Crippen LogP contribution in [-0.2, 0) is 11.2 Å². The monoisotopic (exact) mass is 551 g/mol. The number of aliphatic hydroxyl groups is 1. The van der Waals surface area contributed by atoms with E-state index in [2.05, 4.69) is 12.1 Å². The first kappa shape index (κ1) is 27.3. The molecule has 0 spiro atoms. The first-order chi connectivity index (χ1) is 19.8. The maximum absolute atomic E-state index is 13.8. The highest BCUT2D eigenvalue weighted by molar-refractivity contribution is 5.89. The minimum absolute atomic E-state index is 0.00628. The molecule has 212 valence electrons. The Morgan fingerprint density at radius 1 is 1.02 bits per heavy atom. The van der Waals surface area contributed by atoms with Crippen molar-refractivity contribution in [3.8, 4) is 5.75 Å². The van der Waals surface area contributed by atoms with Gasteiger partial charge in [0.1, 0.15) is 11.3 Å². The minimum Gasteiger partial charge on any atom is -0.483 e. The highest BCUT2D eigenvalue weighted by Gasteiger charge is 2.50. The van der Waals surface area contributed by atoms with Crippen LogP contribution in [0.3, 0.4) is 0 Å². The molecule has 1 saturated carbocycles. The first-order valence-electron chi connectivity index (χ1n) is 14.6. The van der Waals surface area contributed by atoms with E-state index in [0.717, 1.165) is 47.9 Å². The maximum atomic E-state index is 13.8. The van der Waals surface area contributed by atoms with E-state index in [9.17, 15) is 14.7 Å². The lowest BCUT2D eigenvalue weighted by Crippen LogP contribution is -2.56. The molecule has 0 radical (unpaired) electrons. The molecule has 0 bridgehead atoms. The number of piperidine rings is 1. The molecular formula is C35H37NO5. The molecule has 1 aliphatic carbocycles. The van der Waals surface area contributed by atoms with Crippen molar-refractivity contribution in [1.82, 2.24) is 4.90 Å². The fourth-order valence-corrected chi connectivity index (χ4v) is 7.00. The Balaban J connectivity index is 1.31. The summed E-state index contributed by atoms with van der Waals surface area (Å²) in [4.78, 5) is 28.7. The number of fused-ring (bicyclic) bond motifs is 2. The lowest BCUT2D eigenvalue weighted by Gasteiger charge is -2.52. The van der Waals surface area contributed by atoms with Gasteiger partial charge >= 0.3 is 5.63 Å². The number of carbonyl (C=O) groups is 1. The number of benzene rings is 3. The van der Waals surface area contributed by atoms with Gasteiger partial charge in [-0.05, 0) is 67.5 Å². The lowest BCUT2D eigenvalue weighted by atomic mass is 9.66. The van der Waals surface area contributed by atoms with Crippen molar-refractivity contribution in [2.24, 2.45) is 5.92 Å². The van der Waals surface area contributed by atoms with Crippen LogP contribution in [0.5, 0.6) is 5.75 Å². The molecule has 3 aromatic carbocycles. The predicted octanol–water partition coefficient (Wildman–Crippen LogP) is 6.27. The average Bonchev–Trinajstić information content (AvgIpc) is 2.97. The Morgan fingerprint density at radius 2 is 1.76 bits per heavy atom. The number of rotatable bonds is 6. The van der Waals surface area contributed by atoms with Crippen molar-refractivity contribution >= 4 is 16.9 Å². The van der Waals surface area contributed by atoms with Gasteiger partial charge in [0, 0.05) is 24.4 Å². The molecule has 6 heteroatoms. The van der Waals surface area contributed by atoms with Gasteiger partial charge in [0.25, 0.3) is 5.91 Å². The second-order valence-electron chi connectivity index (χ2n) is 11.7. The molecule has 1 saturated heterocycles. The van der Waals surface area contributed by atoms with Gasteiger partial charge in [0.05, 0.1) is 17.0 Å². The van der Waals surface area contributed by atoms with Crippen LogP contribution in [-0.4, -0.2) is 34.7 Å². The van der Waals surface area contributed by atoms with Crippen LogP contribution >= 0.6 is 0 Å². The van der Waals surface area contributed by atoms with Crippen LogP contribution in [0.4, 0.5) is 0 Å². The van der Waals surface area contributed by atoms with Gasteiger partial charge in [-0.2, -0.15) is 0 Å². The molecule has 2 heterocycles. The molecule has 1 aliphatic heterocycles. The summed E-state index contributed by atoms with van der Waals surface area (Å²) in [6.45, 7) is 4.18. The van der Waals surface area contributed by atoms with E-state index in [1.807, 2.05) is 79.4 Å². The molecule has 0 unspecified atom stereocenters. The number of amides is 1. The second kappa shape index (κ2) is 11.2. The van der Waals surface area contributed by atoms with E-state index in [1.54, 1.807) is 0 Å². The molecule has 4 aromatic rings. The second-order valence-corrected chi connectivity index (χ2v) is 11.7. The van der Waals surface area contributed by atoms with Crippen LogP contribution in [0, 0.1) is 19.8 Å². The first-order valence-corrected chi connectivity index (χ1v) is 14.6. The number of ether oxygens (including phenoxy) is 1. The van der Waals surface area contributed by atoms with E-state index in [4.69, 9.17) is 9.15 Å². The summed E-state index contributed by atoms with van der Waals surface area (Å²) in [6, 6.07) is 23.5. The van der Waals surface area contributed by atoms with E-state index in [0.29, 0.717) is 41.7 Å². The van der Waals surface area contributed by atoms with Crippen molar-refractivity contribution < 1.29 is 19.1 Å². The third-order valence-corrected chi connectivity index (χ3v) is 9.09. The van der Waals surface area contributed by atoms with Gasteiger partial charge in [0.15, 0.2) is 6.61 Å². The number of aryl methyl sites for hydroxylation is 2. The van der Waals surface area contributed by atoms with Crippen molar-refractivity contribution in [3.63, 3.8) is 0 Å². The zero-order chi connectivity index (χ0) is 28.6. The van der Waals surface area contributed by atoms with E-state index in [1.165, 1.54) is 0 Å². The summed E-state index contributed by atoms with van der Waals surface area (Å²) in [5, 5.41) is 12.3. The quantitative estimate of drug-likeness (QED) is 0.286. The summed E-state index contributed by atoms with van der Waals surface area (Å²) in [5.41, 5.74) is 3.69. The Kier molecular flexibility index (Phi) is 7.43. The number of hydrogen-bond donors (Lipinski definition) is 1. The predicted molar refractivity (Wildman–Crippen MR) is 159 cm³/mol. The summed E-state index contributed by atoms with van der Waals surface area (Å²) in [6.07, 6.45) is 4.78. The molecule has 2 fully saturated rings. The lowest BCUT2D eigenvalue weighted by molar-refractivity contribution is -0.157. The Hall–Kier alpha value is -3.90. The molecule has 1 N–H and O–H groups in total. The number of likely N-dealkylation sites (tertiary alicyclic amines) is 1. The van der Waals surface area contributed by atoms with Gasteiger partial charge in [-0.25, -0.2) is 4.79 Å². The van der Waals surface area contributed by atoms with Crippen molar-refractivity contribution in [1.29, 1.82) is 0 Å². The van der Waals surface area contributed by atoms with Gasteiger partial charge in [-0.3, -0.25) is 4.79 Å². The highest BCUT2D eigenvalue weighted by Crippen LogP contribution is 2.49. The highest BCUT2D eigenvalue weighted by atomic mass is 16.5. The molecule has 3 atom stereocenters. The molecule has 6 nitrogen and oxygen atoms in total. The van der Waals surface area contributed by atoms with E-state index >= 15 is 0 Å². The van der Waals surface area contributed by atoms with Gasteiger partial charge < -0.3 is 19.2 Å². The third kappa shape index (κ3) is 5.29. The number of carbonyl (C=O) groups excluding carboxylic acids is 1. The molecule has 6 rings (SSSR count). The van der Waals surface area contributed by atoms with Gasteiger partial charge in [-0.15, -0.1) is 0 Å². The van der Waals surface area contributed by atoms with Crippen LogP contribution in [0.2, 0.25) is 0 Å². The topological polar surface area (TPSA) is 80.0 Å². The summed E-state index contributed by atoms with van der Waals surface area (Å²) in [7, 11) is 0. The standard InChI is InChI=1S/C35H37NO5/c1-23-19-29(32-24(2)27(34(38)41-30(32)20-23)21-25-11-5-3-6-12-25)40-22-31(37)36-18-17-35(39)16-10-9-15-28(35)33(36)26-13-7-4-8-14-26/h3-8,11-14,19-20,28,33,39H,9-10,15-18,21-22H2,1-2H3/t28-,33-,35+/m0/s1. The van der Waals surface area contributed by atoms with Gasteiger partial charge in [-0.1, -0.05) is 73.5 Å². The third-order valence-electron chi connectivity index (χ3n) is 9.09. The number of nitrogens with zero attached hydrogens (tertiary/aromatic N) is 1. The van der Waals surface area contributed by atoms with E-state index in [-0.39, 0.29) is 30.1 Å². The fourth-order valence-electron chi connectivity index (χ4n) is 7.00.